The highest BCUT2D eigenvalue weighted by molar-refractivity contribution is 6.10. The predicted octanol–water partition coefficient (Wildman–Crippen LogP) is 2.58. The van der Waals surface area contributed by atoms with Crippen LogP contribution in [0.1, 0.15) is 35.3 Å². The number of ether oxygens (including phenoxy) is 1. The second-order valence-electron chi connectivity index (χ2n) is 7.16. The molecule has 1 aliphatic rings. The first-order valence-corrected chi connectivity index (χ1v) is 9.53. The molecule has 1 aliphatic heterocycles. The van der Waals surface area contributed by atoms with Crippen LogP contribution >= 0.6 is 0 Å². The first kappa shape index (κ1) is 21.0. The molecule has 30 heavy (non-hydrogen) atoms. The summed E-state index contributed by atoms with van der Waals surface area (Å²) in [4.78, 5) is 50.2. The normalized spacial score (nSPS) is 18.2. The van der Waals surface area contributed by atoms with Crippen molar-refractivity contribution in [2.24, 2.45) is 0 Å². The van der Waals surface area contributed by atoms with E-state index in [1.54, 1.807) is 38.1 Å². The Labute approximate surface area is 174 Å². The van der Waals surface area contributed by atoms with Gasteiger partial charge in [0.1, 0.15) is 12.1 Å². The summed E-state index contributed by atoms with van der Waals surface area (Å²) in [5.41, 5.74) is 1.24. The van der Waals surface area contributed by atoms with Gasteiger partial charge in [-0.25, -0.2) is 9.59 Å². The summed E-state index contributed by atoms with van der Waals surface area (Å²) in [5.74, 6) is -1.48. The lowest BCUT2D eigenvalue weighted by atomic mass is 9.91. The number of rotatable bonds is 6. The molecule has 2 aromatic carbocycles. The van der Waals surface area contributed by atoms with Crippen molar-refractivity contribution in [1.82, 2.24) is 10.2 Å². The largest absolute Gasteiger partial charge is 0.462 e. The van der Waals surface area contributed by atoms with Gasteiger partial charge in [0.25, 0.3) is 5.91 Å². The van der Waals surface area contributed by atoms with E-state index in [1.807, 2.05) is 19.1 Å². The molecule has 0 unspecified atom stereocenters. The maximum absolute atomic E-state index is 12.9. The van der Waals surface area contributed by atoms with Gasteiger partial charge >= 0.3 is 12.0 Å². The van der Waals surface area contributed by atoms with E-state index in [1.165, 1.54) is 12.1 Å². The molecular formula is C22H23N3O5. The number of carbonyl (C=O) groups is 4. The molecular weight excluding hydrogens is 386 g/mol. The van der Waals surface area contributed by atoms with Gasteiger partial charge in [-0.15, -0.1) is 0 Å². The van der Waals surface area contributed by atoms with E-state index in [0.717, 1.165) is 10.5 Å². The molecule has 0 spiro atoms. The number of urea groups is 1. The number of anilines is 1. The van der Waals surface area contributed by atoms with E-state index in [4.69, 9.17) is 4.74 Å². The van der Waals surface area contributed by atoms with Gasteiger partial charge in [-0.3, -0.25) is 14.5 Å². The number of nitrogens with zero attached hydrogens (tertiary/aromatic N) is 1. The monoisotopic (exact) mass is 409 g/mol. The Bertz CT molecular complexity index is 985. The van der Waals surface area contributed by atoms with E-state index >= 15 is 0 Å². The zero-order chi connectivity index (χ0) is 21.9. The third-order valence-corrected chi connectivity index (χ3v) is 4.89. The number of hydrogen-bond donors (Lipinski definition) is 2. The highest BCUT2D eigenvalue weighted by atomic mass is 16.5. The van der Waals surface area contributed by atoms with Crippen LogP contribution in [0.4, 0.5) is 10.5 Å². The van der Waals surface area contributed by atoms with Crippen molar-refractivity contribution in [2.75, 3.05) is 18.5 Å². The Hall–Kier alpha value is -3.68. The minimum Gasteiger partial charge on any atom is -0.462 e. The average molecular weight is 409 g/mol. The van der Waals surface area contributed by atoms with Crippen LogP contribution in [0.15, 0.2) is 48.5 Å². The summed E-state index contributed by atoms with van der Waals surface area (Å²) in [7, 11) is 0. The second kappa shape index (κ2) is 8.36. The van der Waals surface area contributed by atoms with Gasteiger partial charge < -0.3 is 15.4 Å². The Kier molecular flexibility index (Phi) is 5.86. The Morgan fingerprint density at radius 2 is 1.70 bits per heavy atom. The molecule has 1 atom stereocenters. The highest BCUT2D eigenvalue weighted by Gasteiger charge is 2.49. The predicted molar refractivity (Wildman–Crippen MR) is 110 cm³/mol. The number of hydrogen-bond acceptors (Lipinski definition) is 5. The zero-order valence-corrected chi connectivity index (χ0v) is 17.0. The van der Waals surface area contributed by atoms with E-state index in [2.05, 4.69) is 10.6 Å². The smallest absolute Gasteiger partial charge is 0.338 e. The number of amides is 4. The topological polar surface area (TPSA) is 105 Å². The number of nitrogens with one attached hydrogen (secondary N) is 2. The minimum absolute atomic E-state index is 0.269. The van der Waals surface area contributed by atoms with Gasteiger partial charge in [-0.05, 0) is 50.6 Å². The second-order valence-corrected chi connectivity index (χ2v) is 7.16. The number of imide groups is 1. The third kappa shape index (κ3) is 4.17. The molecule has 0 bridgehead atoms. The van der Waals surface area contributed by atoms with Crippen molar-refractivity contribution in [1.29, 1.82) is 0 Å². The Morgan fingerprint density at radius 3 is 2.30 bits per heavy atom. The molecule has 8 nitrogen and oxygen atoms in total. The molecule has 156 valence electrons. The number of esters is 1. The number of benzene rings is 2. The highest BCUT2D eigenvalue weighted by Crippen LogP contribution is 2.29. The van der Waals surface area contributed by atoms with Crippen molar-refractivity contribution >= 4 is 29.5 Å². The lowest BCUT2D eigenvalue weighted by Gasteiger charge is -2.22. The lowest BCUT2D eigenvalue weighted by molar-refractivity contribution is -0.133. The van der Waals surface area contributed by atoms with Crippen molar-refractivity contribution < 1.29 is 23.9 Å². The fourth-order valence-electron chi connectivity index (χ4n) is 3.17. The SMILES string of the molecule is CCOC(=O)c1ccc(NC(=O)CN2C(=O)N[C@](C)(c3ccc(C)cc3)C2=O)cc1. The molecule has 1 fully saturated rings. The van der Waals surface area contributed by atoms with Crippen molar-refractivity contribution in [3.63, 3.8) is 0 Å². The van der Waals surface area contributed by atoms with Crippen LogP contribution in [0.25, 0.3) is 0 Å². The molecule has 8 heteroatoms. The molecule has 2 N–H and O–H groups in total. The van der Waals surface area contributed by atoms with E-state index in [9.17, 15) is 19.2 Å². The van der Waals surface area contributed by atoms with Gasteiger partial charge in [0.15, 0.2) is 0 Å². The van der Waals surface area contributed by atoms with Crippen LogP contribution < -0.4 is 10.6 Å². The van der Waals surface area contributed by atoms with Crippen LogP contribution in [-0.2, 0) is 19.9 Å². The van der Waals surface area contributed by atoms with Gasteiger partial charge in [-0.1, -0.05) is 29.8 Å². The number of carbonyl (C=O) groups excluding carboxylic acids is 4. The van der Waals surface area contributed by atoms with Gasteiger partial charge in [0, 0.05) is 5.69 Å². The first-order chi connectivity index (χ1) is 14.2. The van der Waals surface area contributed by atoms with Crippen molar-refractivity contribution in [3.8, 4) is 0 Å². The van der Waals surface area contributed by atoms with E-state index < -0.39 is 35.9 Å². The summed E-state index contributed by atoms with van der Waals surface area (Å²) >= 11 is 0. The molecule has 1 heterocycles. The summed E-state index contributed by atoms with van der Waals surface area (Å²) in [5, 5.41) is 5.29. The fraction of sp³-hybridized carbons (Fsp3) is 0.273. The van der Waals surface area contributed by atoms with Crippen LogP contribution in [0, 0.1) is 6.92 Å². The number of aryl methyl sites for hydroxylation is 1. The van der Waals surface area contributed by atoms with Crippen molar-refractivity contribution in [2.45, 2.75) is 26.3 Å². The van der Waals surface area contributed by atoms with Gasteiger partial charge in [-0.2, -0.15) is 0 Å². The molecule has 0 aromatic heterocycles. The fourth-order valence-corrected chi connectivity index (χ4v) is 3.17. The Morgan fingerprint density at radius 1 is 1.07 bits per heavy atom. The van der Waals surface area contributed by atoms with Crippen LogP contribution in [0.2, 0.25) is 0 Å². The molecule has 3 rings (SSSR count). The molecule has 2 aromatic rings. The minimum atomic E-state index is -1.23. The average Bonchev–Trinajstić information content (AvgIpc) is 2.93. The summed E-state index contributed by atoms with van der Waals surface area (Å²) in [6.45, 7) is 5.10. The Balaban J connectivity index is 1.66. The maximum atomic E-state index is 12.9. The van der Waals surface area contributed by atoms with E-state index in [0.29, 0.717) is 16.8 Å². The van der Waals surface area contributed by atoms with Gasteiger partial charge in [0.2, 0.25) is 5.91 Å². The molecule has 4 amide bonds. The molecule has 0 saturated carbocycles. The van der Waals surface area contributed by atoms with Crippen LogP contribution in [0.3, 0.4) is 0 Å². The zero-order valence-electron chi connectivity index (χ0n) is 17.0. The lowest BCUT2D eigenvalue weighted by Crippen LogP contribution is -2.42. The summed E-state index contributed by atoms with van der Waals surface area (Å²) in [6, 6.07) is 12.8. The first-order valence-electron chi connectivity index (χ1n) is 9.53. The third-order valence-electron chi connectivity index (χ3n) is 4.89. The summed E-state index contributed by atoms with van der Waals surface area (Å²) in [6.07, 6.45) is 0. The van der Waals surface area contributed by atoms with Crippen molar-refractivity contribution in [3.05, 3.63) is 65.2 Å². The standard InChI is InChI=1S/C22H23N3O5/c1-4-30-19(27)15-7-11-17(12-8-15)23-18(26)13-25-20(28)22(3,24-21(25)29)16-9-5-14(2)6-10-16/h5-12H,4,13H2,1-3H3,(H,23,26)(H,24,29)/t22-/m1/s1. The van der Waals surface area contributed by atoms with Gasteiger partial charge in [0.05, 0.1) is 12.2 Å². The van der Waals surface area contributed by atoms with Crippen LogP contribution in [0.5, 0.6) is 0 Å². The molecule has 0 aliphatic carbocycles. The summed E-state index contributed by atoms with van der Waals surface area (Å²) < 4.78 is 4.91. The van der Waals surface area contributed by atoms with E-state index in [-0.39, 0.29) is 6.61 Å². The molecule has 1 saturated heterocycles. The quantitative estimate of drug-likeness (QED) is 0.564. The van der Waals surface area contributed by atoms with Crippen LogP contribution in [-0.4, -0.2) is 41.9 Å². The maximum Gasteiger partial charge on any atom is 0.338 e. The molecule has 0 radical (unpaired) electrons.